The molecule has 1 saturated heterocycles. The van der Waals surface area contributed by atoms with Gasteiger partial charge in [0, 0.05) is 41.8 Å². The highest BCUT2D eigenvalue weighted by Crippen LogP contribution is 2.37. The number of likely N-dealkylation sites (N-methyl/N-ethyl adjacent to an activating group) is 2. The number of hydrogen-bond acceptors (Lipinski definition) is 5. The fraction of sp³-hybridized carbons (Fsp3) is 0.179. The van der Waals surface area contributed by atoms with Gasteiger partial charge in [0.25, 0.3) is 11.8 Å². The Morgan fingerprint density at radius 2 is 1.26 bits per heavy atom. The summed E-state index contributed by atoms with van der Waals surface area (Å²) >= 11 is 0. The number of rotatable bonds is 7. The van der Waals surface area contributed by atoms with Gasteiger partial charge < -0.3 is 9.64 Å². The predicted molar refractivity (Wildman–Crippen MR) is 136 cm³/mol. The zero-order valence-corrected chi connectivity index (χ0v) is 20.0. The third-order valence-electron chi connectivity index (χ3n) is 5.85. The fourth-order valence-corrected chi connectivity index (χ4v) is 4.10. The number of amides is 4. The molecule has 0 bridgehead atoms. The van der Waals surface area contributed by atoms with Gasteiger partial charge in [0.15, 0.2) is 0 Å². The molecule has 4 rings (SSSR count). The number of carbonyl (C=O) groups excluding carboxylic acids is 3. The van der Waals surface area contributed by atoms with Crippen LogP contribution in [-0.2, 0) is 9.59 Å². The minimum absolute atomic E-state index is 0.0673. The van der Waals surface area contributed by atoms with E-state index in [4.69, 9.17) is 4.74 Å². The molecular weight excluding hydrogens is 442 g/mol. The van der Waals surface area contributed by atoms with Gasteiger partial charge >= 0.3 is 6.03 Å². The topological polar surface area (TPSA) is 70.2 Å². The van der Waals surface area contributed by atoms with E-state index in [2.05, 4.69) is 4.90 Å². The van der Waals surface area contributed by atoms with Crippen LogP contribution < -0.4 is 9.64 Å². The summed E-state index contributed by atoms with van der Waals surface area (Å²) in [5.74, 6) is -0.711. The first kappa shape index (κ1) is 23.8. The number of anilines is 3. The molecule has 1 aliphatic rings. The molecule has 178 valence electrons. The Kier molecular flexibility index (Phi) is 6.96. The minimum Gasteiger partial charge on any atom is -0.496 e. The van der Waals surface area contributed by atoms with E-state index in [1.54, 1.807) is 21.0 Å². The van der Waals surface area contributed by atoms with Gasteiger partial charge in [0.05, 0.1) is 7.11 Å². The van der Waals surface area contributed by atoms with Crippen LogP contribution >= 0.6 is 0 Å². The second kappa shape index (κ2) is 10.3. The standard InChI is InChI=1S/C28H27N3O4/c1-4-29-26(32)24(27(33)30(5-2)28(29)34)18-20-16-17-23(19-25(20)35-3)31(21-12-8-6-9-13-21)22-14-10-7-11-15-22/h6-19H,4-5H2,1-3H3. The van der Waals surface area contributed by atoms with E-state index >= 15 is 0 Å². The van der Waals surface area contributed by atoms with Crippen molar-refractivity contribution in [3.63, 3.8) is 0 Å². The molecule has 0 spiro atoms. The summed E-state index contributed by atoms with van der Waals surface area (Å²) in [5, 5.41) is 0. The van der Waals surface area contributed by atoms with Gasteiger partial charge in [-0.2, -0.15) is 0 Å². The lowest BCUT2D eigenvalue weighted by atomic mass is 10.0. The maximum atomic E-state index is 12.9. The van der Waals surface area contributed by atoms with Crippen molar-refractivity contribution in [1.29, 1.82) is 0 Å². The number of benzene rings is 3. The number of nitrogens with zero attached hydrogens (tertiary/aromatic N) is 3. The highest BCUT2D eigenvalue weighted by atomic mass is 16.5. The highest BCUT2D eigenvalue weighted by molar-refractivity contribution is 6.31. The summed E-state index contributed by atoms with van der Waals surface area (Å²) in [6, 6.07) is 24.9. The van der Waals surface area contributed by atoms with Crippen molar-refractivity contribution in [1.82, 2.24) is 9.80 Å². The van der Waals surface area contributed by atoms with Crippen LogP contribution in [0.1, 0.15) is 19.4 Å². The first-order valence-electron chi connectivity index (χ1n) is 11.5. The Hall–Kier alpha value is -4.39. The fourth-order valence-electron chi connectivity index (χ4n) is 4.10. The van der Waals surface area contributed by atoms with Crippen LogP contribution in [0.25, 0.3) is 6.08 Å². The molecule has 1 fully saturated rings. The van der Waals surface area contributed by atoms with Crippen LogP contribution in [0.2, 0.25) is 0 Å². The van der Waals surface area contributed by atoms with E-state index in [1.165, 1.54) is 6.08 Å². The zero-order valence-electron chi connectivity index (χ0n) is 20.0. The van der Waals surface area contributed by atoms with Gasteiger partial charge in [0.2, 0.25) is 0 Å². The van der Waals surface area contributed by atoms with Crippen molar-refractivity contribution >= 4 is 41.0 Å². The van der Waals surface area contributed by atoms with Crippen molar-refractivity contribution in [3.05, 3.63) is 90.0 Å². The second-order valence-corrected chi connectivity index (χ2v) is 7.87. The Morgan fingerprint density at radius 3 is 1.71 bits per heavy atom. The number of barbiturate groups is 1. The summed E-state index contributed by atoms with van der Waals surface area (Å²) in [7, 11) is 1.54. The van der Waals surface area contributed by atoms with E-state index in [0.717, 1.165) is 26.9 Å². The molecule has 35 heavy (non-hydrogen) atoms. The summed E-state index contributed by atoms with van der Waals surface area (Å²) in [5.41, 5.74) is 3.29. The average Bonchev–Trinajstić information content (AvgIpc) is 2.89. The Labute approximate surface area is 204 Å². The average molecular weight is 470 g/mol. The summed E-state index contributed by atoms with van der Waals surface area (Å²) in [6.45, 7) is 3.76. The number of hydrogen-bond donors (Lipinski definition) is 0. The maximum Gasteiger partial charge on any atom is 0.333 e. The molecule has 3 aromatic carbocycles. The van der Waals surface area contributed by atoms with E-state index in [-0.39, 0.29) is 18.7 Å². The molecule has 1 heterocycles. The molecule has 0 atom stereocenters. The predicted octanol–water partition coefficient (Wildman–Crippen LogP) is 5.38. The van der Waals surface area contributed by atoms with Gasteiger partial charge in [0.1, 0.15) is 11.3 Å². The monoisotopic (exact) mass is 469 g/mol. The van der Waals surface area contributed by atoms with Gasteiger partial charge in [-0.25, -0.2) is 4.79 Å². The smallest absolute Gasteiger partial charge is 0.333 e. The molecule has 3 aromatic rings. The lowest BCUT2D eigenvalue weighted by Gasteiger charge is -2.32. The Morgan fingerprint density at radius 1 is 0.743 bits per heavy atom. The Balaban J connectivity index is 1.79. The molecule has 1 aliphatic heterocycles. The second-order valence-electron chi connectivity index (χ2n) is 7.87. The van der Waals surface area contributed by atoms with Crippen molar-refractivity contribution in [2.24, 2.45) is 0 Å². The highest BCUT2D eigenvalue weighted by Gasteiger charge is 2.40. The lowest BCUT2D eigenvalue weighted by molar-refractivity contribution is -0.135. The van der Waals surface area contributed by atoms with Gasteiger partial charge in [-0.05, 0) is 56.3 Å². The summed E-state index contributed by atoms with van der Waals surface area (Å²) < 4.78 is 5.66. The van der Waals surface area contributed by atoms with Gasteiger partial charge in [-0.1, -0.05) is 36.4 Å². The number of carbonyl (C=O) groups is 3. The molecule has 4 amide bonds. The van der Waals surface area contributed by atoms with E-state index < -0.39 is 17.8 Å². The molecule has 0 saturated carbocycles. The summed E-state index contributed by atoms with van der Waals surface area (Å²) in [6.07, 6.45) is 1.50. The number of methoxy groups -OCH3 is 1. The van der Waals surface area contributed by atoms with Crippen LogP contribution in [0.4, 0.5) is 21.9 Å². The normalized spacial score (nSPS) is 13.8. The van der Waals surface area contributed by atoms with Crippen molar-refractivity contribution in [3.8, 4) is 5.75 Å². The summed E-state index contributed by atoms with van der Waals surface area (Å²) in [4.78, 5) is 42.6. The van der Waals surface area contributed by atoms with Crippen LogP contribution in [-0.4, -0.2) is 47.8 Å². The molecule has 7 nitrogen and oxygen atoms in total. The quantitative estimate of drug-likeness (QED) is 0.343. The molecule has 0 aromatic heterocycles. The SMILES string of the molecule is CCN1C(=O)C(=Cc2ccc(N(c3ccccc3)c3ccccc3)cc2OC)C(=O)N(CC)C1=O. The van der Waals surface area contributed by atoms with Crippen LogP contribution in [0.3, 0.4) is 0 Å². The number of ether oxygens (including phenoxy) is 1. The molecule has 0 N–H and O–H groups in total. The van der Waals surface area contributed by atoms with Crippen LogP contribution in [0.15, 0.2) is 84.4 Å². The molecule has 0 unspecified atom stereocenters. The number of urea groups is 1. The zero-order chi connectivity index (χ0) is 24.9. The lowest BCUT2D eigenvalue weighted by Crippen LogP contribution is -2.56. The maximum absolute atomic E-state index is 12.9. The van der Waals surface area contributed by atoms with Crippen LogP contribution in [0, 0.1) is 0 Å². The third-order valence-corrected chi connectivity index (χ3v) is 5.85. The van der Waals surface area contributed by atoms with Crippen molar-refractivity contribution < 1.29 is 19.1 Å². The van der Waals surface area contributed by atoms with Gasteiger partial charge in [-0.3, -0.25) is 19.4 Å². The minimum atomic E-state index is -0.603. The number of para-hydroxylation sites is 2. The van der Waals surface area contributed by atoms with E-state index in [0.29, 0.717) is 11.3 Å². The molecule has 0 radical (unpaired) electrons. The Bertz CT molecular complexity index is 1200. The first-order valence-corrected chi connectivity index (χ1v) is 11.5. The van der Waals surface area contributed by atoms with Crippen LogP contribution in [0.5, 0.6) is 5.75 Å². The third kappa shape index (κ3) is 4.53. The molecule has 7 heteroatoms. The van der Waals surface area contributed by atoms with Crippen molar-refractivity contribution in [2.45, 2.75) is 13.8 Å². The van der Waals surface area contributed by atoms with E-state index in [9.17, 15) is 14.4 Å². The van der Waals surface area contributed by atoms with E-state index in [1.807, 2.05) is 78.9 Å². The number of imide groups is 2. The molecule has 0 aliphatic carbocycles. The van der Waals surface area contributed by atoms with Gasteiger partial charge in [-0.15, -0.1) is 0 Å². The largest absolute Gasteiger partial charge is 0.496 e. The molecular formula is C28H27N3O4. The van der Waals surface area contributed by atoms with Crippen molar-refractivity contribution in [2.75, 3.05) is 25.1 Å². The first-order chi connectivity index (χ1) is 17.0.